The second-order valence-corrected chi connectivity index (χ2v) is 7.23. The molecule has 1 aromatic rings. The Morgan fingerprint density at radius 3 is 3.09 bits per heavy atom. The molecule has 4 rings (SSSR count). The Morgan fingerprint density at radius 1 is 1.45 bits per heavy atom. The third kappa shape index (κ3) is 2.26. The summed E-state index contributed by atoms with van der Waals surface area (Å²) in [5, 5.41) is 11.2. The number of nitrogens with zero attached hydrogens (tertiary/aromatic N) is 2. The van der Waals surface area contributed by atoms with Crippen molar-refractivity contribution in [3.05, 3.63) is 11.8 Å². The summed E-state index contributed by atoms with van der Waals surface area (Å²) in [6.45, 7) is 4.80. The van der Waals surface area contributed by atoms with Gasteiger partial charge in [0, 0.05) is 30.8 Å². The van der Waals surface area contributed by atoms with Crippen molar-refractivity contribution in [3.63, 3.8) is 0 Å². The van der Waals surface area contributed by atoms with Crippen LogP contribution in [0.3, 0.4) is 0 Å². The number of rotatable bonds is 4. The number of hydrogen-bond acceptors (Lipinski definition) is 3. The second kappa shape index (κ2) is 5.37. The first-order valence-corrected chi connectivity index (χ1v) is 8.83. The highest BCUT2D eigenvalue weighted by Crippen LogP contribution is 2.45. The minimum absolute atomic E-state index is 0.185. The summed E-state index contributed by atoms with van der Waals surface area (Å²) < 4.78 is 2.05. The van der Waals surface area contributed by atoms with Crippen LogP contribution in [0.25, 0.3) is 0 Å². The third-order valence-corrected chi connectivity index (χ3v) is 5.84. The number of hydrogen-bond donors (Lipinski definition) is 2. The average molecular weight is 302 g/mol. The van der Waals surface area contributed by atoms with Gasteiger partial charge in [-0.15, -0.1) is 0 Å². The van der Waals surface area contributed by atoms with E-state index in [1.54, 1.807) is 0 Å². The maximum absolute atomic E-state index is 13.0. The van der Waals surface area contributed by atoms with Gasteiger partial charge < -0.3 is 10.6 Å². The minimum Gasteiger partial charge on any atom is -0.315 e. The van der Waals surface area contributed by atoms with Crippen LogP contribution < -0.4 is 10.6 Å². The van der Waals surface area contributed by atoms with Crippen molar-refractivity contribution in [3.8, 4) is 0 Å². The van der Waals surface area contributed by atoms with Crippen molar-refractivity contribution in [1.82, 2.24) is 15.1 Å². The van der Waals surface area contributed by atoms with Crippen LogP contribution in [-0.4, -0.2) is 28.8 Å². The molecule has 3 aliphatic rings. The molecule has 0 bridgehead atoms. The predicted octanol–water partition coefficient (Wildman–Crippen LogP) is 2.50. The van der Waals surface area contributed by atoms with Gasteiger partial charge in [-0.2, -0.15) is 5.10 Å². The van der Waals surface area contributed by atoms with E-state index in [2.05, 4.69) is 33.4 Å². The summed E-state index contributed by atoms with van der Waals surface area (Å²) in [6, 6.07) is 2.09. The Hall–Kier alpha value is -1.36. The van der Waals surface area contributed by atoms with E-state index < -0.39 is 0 Å². The van der Waals surface area contributed by atoms with Gasteiger partial charge in [0.25, 0.3) is 0 Å². The topological polar surface area (TPSA) is 59.0 Å². The van der Waals surface area contributed by atoms with Gasteiger partial charge in [-0.1, -0.05) is 12.8 Å². The fourth-order valence-corrected chi connectivity index (χ4v) is 4.38. The molecule has 0 radical (unpaired) electrons. The molecule has 2 N–H and O–H groups in total. The van der Waals surface area contributed by atoms with E-state index >= 15 is 0 Å². The SMILES string of the molecule is CCn1nc(NC(=O)[C@@]23CCCC[C@H]2CNC3)cc1C1CC1. The van der Waals surface area contributed by atoms with E-state index in [0.717, 1.165) is 31.9 Å². The van der Waals surface area contributed by atoms with Crippen molar-refractivity contribution in [1.29, 1.82) is 0 Å². The molecule has 0 spiro atoms. The van der Waals surface area contributed by atoms with E-state index in [1.165, 1.54) is 37.8 Å². The largest absolute Gasteiger partial charge is 0.315 e. The van der Waals surface area contributed by atoms with Crippen LogP contribution in [0, 0.1) is 11.3 Å². The summed E-state index contributed by atoms with van der Waals surface area (Å²) in [7, 11) is 0. The van der Waals surface area contributed by atoms with Crippen molar-refractivity contribution in [2.75, 3.05) is 18.4 Å². The molecule has 0 aromatic carbocycles. The van der Waals surface area contributed by atoms with Crippen molar-refractivity contribution >= 4 is 11.7 Å². The fraction of sp³-hybridized carbons (Fsp3) is 0.765. The van der Waals surface area contributed by atoms with Gasteiger partial charge in [-0.3, -0.25) is 9.48 Å². The van der Waals surface area contributed by atoms with E-state index in [9.17, 15) is 4.79 Å². The van der Waals surface area contributed by atoms with Crippen LogP contribution in [0.2, 0.25) is 0 Å². The Balaban J connectivity index is 1.54. The van der Waals surface area contributed by atoms with Gasteiger partial charge in [0.2, 0.25) is 5.91 Å². The second-order valence-electron chi connectivity index (χ2n) is 7.23. The van der Waals surface area contributed by atoms with Crippen molar-refractivity contribution in [2.45, 2.75) is 57.9 Å². The highest BCUT2D eigenvalue weighted by atomic mass is 16.2. The zero-order chi connectivity index (χ0) is 15.2. The van der Waals surface area contributed by atoms with E-state index in [1.807, 2.05) is 0 Å². The molecule has 2 atom stereocenters. The van der Waals surface area contributed by atoms with Gasteiger partial charge in [0.05, 0.1) is 5.41 Å². The lowest BCUT2D eigenvalue weighted by Gasteiger charge is -2.36. The fourth-order valence-electron chi connectivity index (χ4n) is 4.38. The number of carbonyl (C=O) groups is 1. The summed E-state index contributed by atoms with van der Waals surface area (Å²) in [5.41, 5.74) is 1.09. The Bertz CT molecular complexity index is 577. The molecule has 1 amide bonds. The lowest BCUT2D eigenvalue weighted by Crippen LogP contribution is -2.44. The molecule has 0 unspecified atom stereocenters. The van der Waals surface area contributed by atoms with Gasteiger partial charge in [0.1, 0.15) is 0 Å². The molecule has 2 aliphatic carbocycles. The highest BCUT2D eigenvalue weighted by Gasteiger charge is 2.50. The number of amides is 1. The molecule has 5 nitrogen and oxygen atoms in total. The predicted molar refractivity (Wildman–Crippen MR) is 85.8 cm³/mol. The number of fused-ring (bicyclic) bond motifs is 1. The monoisotopic (exact) mass is 302 g/mol. The number of anilines is 1. The Labute approximate surface area is 131 Å². The molecule has 3 fully saturated rings. The first-order valence-electron chi connectivity index (χ1n) is 8.83. The van der Waals surface area contributed by atoms with Crippen molar-refractivity contribution in [2.24, 2.45) is 11.3 Å². The van der Waals surface area contributed by atoms with Crippen LogP contribution in [0.5, 0.6) is 0 Å². The molecule has 1 aromatic heterocycles. The summed E-state index contributed by atoms with van der Waals surface area (Å²) in [6.07, 6.45) is 7.14. The molecule has 1 aliphatic heterocycles. The van der Waals surface area contributed by atoms with Crippen LogP contribution >= 0.6 is 0 Å². The molecular weight excluding hydrogens is 276 g/mol. The standard InChI is InChI=1S/C17H26N4O/c1-2-21-14(12-6-7-12)9-15(20-21)19-16(22)17-8-4-3-5-13(17)10-18-11-17/h9,12-13,18H,2-8,10-11H2,1H3,(H,19,20,22)/t13-,17+/m0/s1. The minimum atomic E-state index is -0.200. The van der Waals surface area contributed by atoms with E-state index in [4.69, 9.17) is 0 Å². The maximum atomic E-state index is 13.0. The first-order chi connectivity index (χ1) is 10.7. The normalized spacial score (nSPS) is 31.0. The highest BCUT2D eigenvalue weighted by molar-refractivity contribution is 5.95. The number of aryl methyl sites for hydroxylation is 1. The van der Waals surface area contributed by atoms with Gasteiger partial charge in [0.15, 0.2) is 5.82 Å². The first kappa shape index (κ1) is 14.2. The maximum Gasteiger partial charge on any atom is 0.233 e. The summed E-state index contributed by atoms with van der Waals surface area (Å²) in [5.74, 6) is 2.09. The zero-order valence-electron chi connectivity index (χ0n) is 13.4. The van der Waals surface area contributed by atoms with Crippen LogP contribution in [0.4, 0.5) is 5.82 Å². The molecule has 22 heavy (non-hydrogen) atoms. The average Bonchev–Trinajstić information content (AvgIpc) is 3.14. The van der Waals surface area contributed by atoms with Gasteiger partial charge >= 0.3 is 0 Å². The summed E-state index contributed by atoms with van der Waals surface area (Å²) >= 11 is 0. The molecule has 2 heterocycles. The van der Waals surface area contributed by atoms with Crippen LogP contribution in [0.1, 0.15) is 57.1 Å². The van der Waals surface area contributed by atoms with Crippen molar-refractivity contribution < 1.29 is 4.79 Å². The smallest absolute Gasteiger partial charge is 0.233 e. The molecule has 1 saturated heterocycles. The van der Waals surface area contributed by atoms with Gasteiger partial charge in [-0.25, -0.2) is 0 Å². The Kier molecular flexibility index (Phi) is 3.48. The van der Waals surface area contributed by atoms with E-state index in [0.29, 0.717) is 11.8 Å². The van der Waals surface area contributed by atoms with Crippen LogP contribution in [0.15, 0.2) is 6.07 Å². The number of aromatic nitrogens is 2. The molecule has 120 valence electrons. The number of carbonyl (C=O) groups excluding carboxylic acids is 1. The summed E-state index contributed by atoms with van der Waals surface area (Å²) in [4.78, 5) is 13.0. The lowest BCUT2D eigenvalue weighted by molar-refractivity contribution is -0.128. The van der Waals surface area contributed by atoms with Gasteiger partial charge in [-0.05, 0) is 45.1 Å². The molecule has 5 heteroatoms. The third-order valence-electron chi connectivity index (χ3n) is 5.84. The van der Waals surface area contributed by atoms with E-state index in [-0.39, 0.29) is 11.3 Å². The number of nitrogens with one attached hydrogen (secondary N) is 2. The quantitative estimate of drug-likeness (QED) is 0.898. The molecule has 2 saturated carbocycles. The molecular formula is C17H26N4O. The zero-order valence-corrected chi connectivity index (χ0v) is 13.4. The lowest BCUT2D eigenvalue weighted by atomic mass is 9.67. The van der Waals surface area contributed by atoms with Crippen LogP contribution in [-0.2, 0) is 11.3 Å². The Morgan fingerprint density at radius 2 is 2.32 bits per heavy atom.